The van der Waals surface area contributed by atoms with Gasteiger partial charge < -0.3 is 19.8 Å². The molecule has 0 radical (unpaired) electrons. The molecular weight excluding hydrogens is 146 g/mol. The van der Waals surface area contributed by atoms with E-state index in [0.717, 1.165) is 0 Å². The Bertz CT molecular complexity index is 401. The van der Waals surface area contributed by atoms with Crippen molar-refractivity contribution in [3.05, 3.63) is 6.07 Å². The molecule has 0 aliphatic rings. The van der Waals surface area contributed by atoms with Crippen molar-refractivity contribution >= 4 is 17.2 Å². The summed E-state index contributed by atoms with van der Waals surface area (Å²) in [5.74, 6) is 0.233. The number of anilines is 1. The van der Waals surface area contributed by atoms with Gasteiger partial charge in [0.25, 0.3) is 5.95 Å². The van der Waals surface area contributed by atoms with Gasteiger partial charge in [-0.05, 0) is 0 Å². The summed E-state index contributed by atoms with van der Waals surface area (Å²) in [6.07, 6.45) is 0. The molecule has 0 aliphatic carbocycles. The molecule has 0 saturated heterocycles. The molecule has 0 unspecified atom stereocenters. The Labute approximate surface area is 62.0 Å². The van der Waals surface area contributed by atoms with Gasteiger partial charge >= 0.3 is 0 Å². The number of aromatic hydroxyl groups is 1. The molecule has 0 atom stereocenters. The highest BCUT2D eigenvalue weighted by atomic mass is 16.5. The molecule has 11 heavy (non-hydrogen) atoms. The first kappa shape index (κ1) is 6.09. The third-order valence-electron chi connectivity index (χ3n) is 1.60. The zero-order valence-electron chi connectivity index (χ0n) is 5.90. The summed E-state index contributed by atoms with van der Waals surface area (Å²) in [7, 11) is 1.75. The molecule has 58 valence electrons. The van der Waals surface area contributed by atoms with Gasteiger partial charge in [-0.1, -0.05) is 0 Å². The quantitative estimate of drug-likeness (QED) is 0.576. The molecule has 0 aromatic carbocycles. The second-order valence-corrected chi connectivity index (χ2v) is 2.30. The summed E-state index contributed by atoms with van der Waals surface area (Å²) >= 11 is 0. The molecule has 0 aliphatic heterocycles. The van der Waals surface area contributed by atoms with E-state index < -0.39 is 0 Å². The summed E-state index contributed by atoms with van der Waals surface area (Å²) in [4.78, 5) is 3.85. The molecule has 5 heteroatoms. The fraction of sp³-hybridized carbons (Fsp3) is 0.167. The number of nitrogens with zero attached hydrogens (tertiary/aromatic N) is 2. The molecule has 2 aromatic rings. The van der Waals surface area contributed by atoms with Crippen LogP contribution in [0.4, 0.5) is 5.95 Å². The van der Waals surface area contributed by atoms with Gasteiger partial charge in [0, 0.05) is 13.1 Å². The smallest absolute Gasteiger partial charge is 0.285 e. The van der Waals surface area contributed by atoms with Crippen LogP contribution in [0, 0.1) is 0 Å². The molecule has 0 bridgehead atoms. The molecule has 2 heterocycles. The average molecular weight is 153 g/mol. The first-order valence-corrected chi connectivity index (χ1v) is 3.09. The molecule has 0 saturated carbocycles. The normalized spacial score (nSPS) is 11.0. The van der Waals surface area contributed by atoms with E-state index in [4.69, 9.17) is 15.3 Å². The molecule has 2 aromatic heterocycles. The molecule has 3 N–H and O–H groups in total. The van der Waals surface area contributed by atoms with Crippen molar-refractivity contribution in [3.63, 3.8) is 0 Å². The lowest BCUT2D eigenvalue weighted by Crippen LogP contribution is -1.95. The van der Waals surface area contributed by atoms with Crippen LogP contribution in [0.25, 0.3) is 11.2 Å². The zero-order valence-corrected chi connectivity index (χ0v) is 5.90. The van der Waals surface area contributed by atoms with Crippen molar-refractivity contribution in [3.8, 4) is 5.95 Å². The zero-order chi connectivity index (χ0) is 8.01. The van der Waals surface area contributed by atoms with Gasteiger partial charge in [-0.3, -0.25) is 0 Å². The van der Waals surface area contributed by atoms with E-state index in [1.807, 2.05) is 0 Å². The summed E-state index contributed by atoms with van der Waals surface area (Å²) in [5.41, 5.74) is 6.52. The maximum absolute atomic E-state index is 8.90. The third kappa shape index (κ3) is 0.674. The highest BCUT2D eigenvalue weighted by Crippen LogP contribution is 2.23. The van der Waals surface area contributed by atoms with Gasteiger partial charge in [0.1, 0.15) is 5.52 Å². The molecular formula is C6H7N3O2. The Kier molecular flexibility index (Phi) is 0.934. The lowest BCUT2D eigenvalue weighted by molar-refractivity contribution is 0.344. The van der Waals surface area contributed by atoms with Crippen LogP contribution in [-0.2, 0) is 7.05 Å². The van der Waals surface area contributed by atoms with Gasteiger partial charge in [-0.25, -0.2) is 0 Å². The summed E-state index contributed by atoms with van der Waals surface area (Å²) in [5, 5.41) is 8.90. The average Bonchev–Trinajstić information content (AvgIpc) is 2.37. The van der Waals surface area contributed by atoms with E-state index in [-0.39, 0.29) is 5.95 Å². The fourth-order valence-corrected chi connectivity index (χ4v) is 0.982. The first-order chi connectivity index (χ1) is 5.18. The van der Waals surface area contributed by atoms with Crippen LogP contribution < -0.4 is 5.73 Å². The van der Waals surface area contributed by atoms with Gasteiger partial charge in [0.15, 0.2) is 0 Å². The lowest BCUT2D eigenvalue weighted by atomic mass is 10.5. The number of hydrogen-bond acceptors (Lipinski definition) is 4. The van der Waals surface area contributed by atoms with Gasteiger partial charge in [0.2, 0.25) is 11.7 Å². The van der Waals surface area contributed by atoms with Crippen LogP contribution in [0.5, 0.6) is 5.95 Å². The van der Waals surface area contributed by atoms with E-state index in [2.05, 4.69) is 4.98 Å². The Morgan fingerprint density at radius 1 is 1.73 bits per heavy atom. The molecule has 5 nitrogen and oxygen atoms in total. The van der Waals surface area contributed by atoms with E-state index in [1.54, 1.807) is 11.6 Å². The number of aromatic nitrogens is 2. The summed E-state index contributed by atoms with van der Waals surface area (Å²) < 4.78 is 6.45. The van der Waals surface area contributed by atoms with E-state index in [9.17, 15) is 0 Å². The topological polar surface area (TPSA) is 77.2 Å². The number of hydrogen-bond donors (Lipinski definition) is 2. The molecule has 2 rings (SSSR count). The largest absolute Gasteiger partial charge is 0.481 e. The number of nitrogens with two attached hydrogens (primary N) is 1. The van der Waals surface area contributed by atoms with Crippen molar-refractivity contribution in [2.24, 2.45) is 7.05 Å². The van der Waals surface area contributed by atoms with Crippen molar-refractivity contribution in [1.82, 2.24) is 9.55 Å². The van der Waals surface area contributed by atoms with Crippen molar-refractivity contribution in [1.29, 1.82) is 0 Å². The van der Waals surface area contributed by atoms with Crippen molar-refractivity contribution in [2.45, 2.75) is 0 Å². The number of furan rings is 1. The van der Waals surface area contributed by atoms with Crippen LogP contribution in [-0.4, -0.2) is 14.7 Å². The number of aryl methyl sites for hydroxylation is 1. The highest BCUT2D eigenvalue weighted by molar-refractivity contribution is 5.74. The van der Waals surface area contributed by atoms with Gasteiger partial charge in [-0.15, -0.1) is 0 Å². The minimum atomic E-state index is -0.141. The van der Waals surface area contributed by atoms with Crippen LogP contribution in [0.1, 0.15) is 0 Å². The monoisotopic (exact) mass is 153 g/mol. The van der Waals surface area contributed by atoms with Gasteiger partial charge in [0.05, 0.1) is 0 Å². The number of imidazole rings is 1. The minimum absolute atomic E-state index is 0.141. The second kappa shape index (κ2) is 1.69. The van der Waals surface area contributed by atoms with Crippen LogP contribution in [0.2, 0.25) is 0 Å². The Morgan fingerprint density at radius 3 is 3.09 bits per heavy atom. The Balaban J connectivity index is 2.88. The van der Waals surface area contributed by atoms with Crippen LogP contribution in [0.3, 0.4) is 0 Å². The first-order valence-electron chi connectivity index (χ1n) is 3.09. The third-order valence-corrected chi connectivity index (χ3v) is 1.60. The van der Waals surface area contributed by atoms with E-state index in [0.29, 0.717) is 17.2 Å². The predicted octanol–water partition coefficient (Wildman–Crippen LogP) is 0.454. The maximum Gasteiger partial charge on any atom is 0.285 e. The number of fused-ring (bicyclic) bond motifs is 1. The summed E-state index contributed by atoms with van der Waals surface area (Å²) in [6, 6.07) is 1.47. The van der Waals surface area contributed by atoms with Crippen LogP contribution in [0.15, 0.2) is 10.5 Å². The van der Waals surface area contributed by atoms with E-state index in [1.165, 1.54) is 6.07 Å². The minimum Gasteiger partial charge on any atom is -0.481 e. The second-order valence-electron chi connectivity index (χ2n) is 2.30. The standard InChI is InChI=1S/C6H7N3O2/c1-9-3-2-4(10)11-5(3)8-6(9)7/h2,10H,1H3,(H2,7,8). The van der Waals surface area contributed by atoms with Gasteiger partial charge in [-0.2, -0.15) is 4.98 Å². The molecule has 0 amide bonds. The van der Waals surface area contributed by atoms with Crippen molar-refractivity contribution < 1.29 is 9.52 Å². The SMILES string of the molecule is Cn1c(N)nc2oc(O)cc21. The van der Waals surface area contributed by atoms with Crippen LogP contribution >= 0.6 is 0 Å². The predicted molar refractivity (Wildman–Crippen MR) is 39.1 cm³/mol. The number of nitrogen functional groups attached to an aromatic ring is 1. The maximum atomic E-state index is 8.90. The fourth-order valence-electron chi connectivity index (χ4n) is 0.982. The molecule has 0 fully saturated rings. The van der Waals surface area contributed by atoms with Crippen molar-refractivity contribution in [2.75, 3.05) is 5.73 Å². The Hall–Kier alpha value is -1.65. The highest BCUT2D eigenvalue weighted by Gasteiger charge is 2.09. The number of rotatable bonds is 0. The van der Waals surface area contributed by atoms with E-state index >= 15 is 0 Å². The Morgan fingerprint density at radius 2 is 2.45 bits per heavy atom. The lowest BCUT2D eigenvalue weighted by Gasteiger charge is -1.90. The molecule has 0 spiro atoms. The summed E-state index contributed by atoms with van der Waals surface area (Å²) in [6.45, 7) is 0.